The standard InChI is InChI=1S/2C26H31.C2H7Si.2ClH.Zr/c2*1-17(2)13-18-14-21-16-20-7-6-8-23(20)25(24(21)15-18)19-9-11-22(12-10-19)26(3,4)5;1-3-2;;;/h2*9-12,14-17H,6-8,13H2,1-5H3;3H,1-2H3;2*1H;/q;;;;;+2/p-2. The van der Waals surface area contributed by atoms with Gasteiger partial charge in [-0.05, 0) is 0 Å². The fraction of sp³-hybridized carbons (Fsp3) is 0.481. The van der Waals surface area contributed by atoms with E-state index in [1.54, 1.807) is 11.1 Å². The molecule has 4 aromatic carbocycles. The third-order valence-corrected chi connectivity index (χ3v) is 66.4. The van der Waals surface area contributed by atoms with Gasteiger partial charge in [-0.15, -0.1) is 0 Å². The molecule has 0 spiro atoms. The number of fused-ring (bicyclic) bond motifs is 4. The first-order valence-electron chi connectivity index (χ1n) is 22.8. The zero-order chi connectivity index (χ0) is 41.7. The molecular weight excluding hydrogens is 839 g/mol. The second kappa shape index (κ2) is 15.1. The van der Waals surface area contributed by atoms with Crippen molar-refractivity contribution in [2.24, 2.45) is 11.8 Å². The molecule has 2 unspecified atom stereocenters. The van der Waals surface area contributed by atoms with Crippen LogP contribution in [0.25, 0.3) is 34.4 Å². The zero-order valence-electron chi connectivity index (χ0n) is 37.7. The van der Waals surface area contributed by atoms with Crippen LogP contribution in [0.1, 0.15) is 158 Å². The molecule has 0 aromatic heterocycles. The van der Waals surface area contributed by atoms with Gasteiger partial charge in [0.1, 0.15) is 0 Å². The summed E-state index contributed by atoms with van der Waals surface area (Å²) in [5.74, 6) is -0.697. The normalized spacial score (nSPS) is 19.6. The van der Waals surface area contributed by atoms with Crippen LogP contribution in [0.2, 0.25) is 13.1 Å². The van der Waals surface area contributed by atoms with E-state index in [9.17, 15) is 0 Å². The van der Waals surface area contributed by atoms with Gasteiger partial charge in [-0.3, -0.25) is 0 Å². The Bertz CT molecular complexity index is 2160. The molecule has 4 heteroatoms. The predicted octanol–water partition coefficient (Wildman–Crippen LogP) is 16.2. The Labute approximate surface area is 361 Å². The van der Waals surface area contributed by atoms with Crippen LogP contribution in [0.4, 0.5) is 0 Å². The molecule has 0 saturated carbocycles. The van der Waals surface area contributed by atoms with Crippen molar-refractivity contribution < 1.29 is 15.6 Å². The molecule has 0 amide bonds. The first-order valence-corrected chi connectivity index (χ1v) is 39.1. The van der Waals surface area contributed by atoms with Gasteiger partial charge in [0, 0.05) is 0 Å². The first kappa shape index (κ1) is 42.7. The van der Waals surface area contributed by atoms with Crippen molar-refractivity contribution in [2.75, 3.05) is 0 Å². The third-order valence-electron chi connectivity index (χ3n) is 14.5. The van der Waals surface area contributed by atoms with Crippen LogP contribution in [0.3, 0.4) is 0 Å². The number of hydrogen-bond acceptors (Lipinski definition) is 0. The van der Waals surface area contributed by atoms with Gasteiger partial charge in [0.15, 0.2) is 0 Å². The van der Waals surface area contributed by atoms with Crippen molar-refractivity contribution in [3.05, 3.63) is 127 Å². The summed E-state index contributed by atoms with van der Waals surface area (Å²) in [6.07, 6.45) is 14.4. The van der Waals surface area contributed by atoms with Crippen molar-refractivity contribution in [2.45, 2.75) is 152 Å². The van der Waals surface area contributed by atoms with Gasteiger partial charge in [-0.1, -0.05) is 0 Å². The summed E-state index contributed by atoms with van der Waals surface area (Å²) < 4.78 is 0.225. The monoisotopic (exact) mass is 905 g/mol. The molecule has 0 bridgehead atoms. The molecule has 0 saturated heterocycles. The van der Waals surface area contributed by atoms with Crippen LogP contribution in [0, 0.1) is 11.8 Å². The zero-order valence-corrected chi connectivity index (χ0v) is 42.9. The number of benzene rings is 4. The molecule has 0 aliphatic heterocycles. The van der Waals surface area contributed by atoms with E-state index in [4.69, 9.17) is 17.0 Å². The summed E-state index contributed by atoms with van der Waals surface area (Å²) in [6.45, 7) is 28.5. The summed E-state index contributed by atoms with van der Waals surface area (Å²) in [7, 11) is 18.3. The van der Waals surface area contributed by atoms with Crippen LogP contribution in [-0.2, 0) is 52.1 Å². The number of aryl methyl sites for hydroxylation is 2. The molecule has 8 rings (SSSR count). The van der Waals surface area contributed by atoms with Crippen LogP contribution < -0.4 is 0 Å². The minimum atomic E-state index is -5.04. The second-order valence-electron chi connectivity index (χ2n) is 22.0. The summed E-state index contributed by atoms with van der Waals surface area (Å²) in [5, 5.41) is 0. The Kier molecular flexibility index (Phi) is 11.2. The van der Waals surface area contributed by atoms with Crippen molar-refractivity contribution >= 4 is 35.1 Å². The van der Waals surface area contributed by atoms with Crippen LogP contribution >= 0.6 is 17.0 Å². The summed E-state index contributed by atoms with van der Waals surface area (Å²) in [5.41, 5.74) is 23.7. The molecule has 0 nitrogen and oxygen atoms in total. The number of halogens is 2. The second-order valence-corrected chi connectivity index (χ2v) is 64.5. The van der Waals surface area contributed by atoms with Crippen LogP contribution in [-0.4, -0.2) is 5.92 Å². The molecule has 0 fully saturated rings. The van der Waals surface area contributed by atoms with Crippen molar-refractivity contribution in [1.82, 2.24) is 0 Å². The summed E-state index contributed by atoms with van der Waals surface area (Å²) >= 11 is -5.04. The van der Waals surface area contributed by atoms with Gasteiger partial charge in [0.05, 0.1) is 0 Å². The van der Waals surface area contributed by atoms with Gasteiger partial charge in [0.25, 0.3) is 0 Å². The molecule has 2 atom stereocenters. The van der Waals surface area contributed by atoms with E-state index in [0.29, 0.717) is 11.8 Å². The van der Waals surface area contributed by atoms with Gasteiger partial charge in [-0.25, -0.2) is 0 Å². The van der Waals surface area contributed by atoms with E-state index in [-0.39, 0.29) is 18.1 Å². The predicted molar refractivity (Wildman–Crippen MR) is 256 cm³/mol. The molecular formula is C54H69Cl2SiZr. The fourth-order valence-corrected chi connectivity index (χ4v) is 43.0. The Morgan fingerprint density at radius 1 is 0.586 bits per heavy atom. The summed E-state index contributed by atoms with van der Waals surface area (Å²) in [4.78, 5) is 0. The molecule has 0 radical (unpaired) electrons. The van der Waals surface area contributed by atoms with Gasteiger partial charge >= 0.3 is 364 Å². The maximum atomic E-state index is 9.15. The molecule has 4 aromatic rings. The average molecular weight is 908 g/mol. The Hall–Kier alpha value is -1.96. The van der Waals surface area contributed by atoms with Crippen molar-refractivity contribution in [3.8, 4) is 22.3 Å². The molecule has 307 valence electrons. The van der Waals surface area contributed by atoms with Gasteiger partial charge in [-0.2, -0.15) is 0 Å². The minimum absolute atomic E-state index is 0.113. The van der Waals surface area contributed by atoms with E-state index < -0.39 is 21.5 Å². The van der Waals surface area contributed by atoms with Gasteiger partial charge in [0.2, 0.25) is 0 Å². The quantitative estimate of drug-likeness (QED) is 0.147. The van der Waals surface area contributed by atoms with E-state index in [1.807, 2.05) is 0 Å². The topological polar surface area (TPSA) is 0 Å². The van der Waals surface area contributed by atoms with E-state index in [1.165, 1.54) is 90.7 Å². The van der Waals surface area contributed by atoms with E-state index in [2.05, 4.69) is 155 Å². The number of allylic oxidation sites excluding steroid dienone is 2. The average Bonchev–Trinajstić information content (AvgIpc) is 3.93. The van der Waals surface area contributed by atoms with Crippen LogP contribution in [0.5, 0.6) is 0 Å². The Morgan fingerprint density at radius 2 is 0.948 bits per heavy atom. The van der Waals surface area contributed by atoms with Crippen molar-refractivity contribution in [3.63, 3.8) is 0 Å². The molecule has 4 aliphatic carbocycles. The van der Waals surface area contributed by atoms with Crippen LogP contribution in [0.15, 0.2) is 71.8 Å². The maximum absolute atomic E-state index is 9.15. The van der Waals surface area contributed by atoms with Gasteiger partial charge < -0.3 is 0 Å². The van der Waals surface area contributed by atoms with E-state index in [0.717, 1.165) is 38.5 Å². The number of hydrogen-bond donors (Lipinski definition) is 0. The molecule has 4 aliphatic rings. The Morgan fingerprint density at radius 3 is 1.26 bits per heavy atom. The molecule has 0 heterocycles. The summed E-state index contributed by atoms with van der Waals surface area (Å²) in [6, 6.07) is 24.4. The number of rotatable bonds is 9. The van der Waals surface area contributed by atoms with Crippen molar-refractivity contribution in [1.29, 1.82) is 0 Å². The molecule has 58 heavy (non-hydrogen) atoms. The first-order chi connectivity index (χ1) is 27.2. The van der Waals surface area contributed by atoms with E-state index >= 15 is 0 Å². The third kappa shape index (κ3) is 7.13. The SMILES string of the molecule is CC(C)CC1=Cc2c(cc3c(c2-c2ccc(C(C)(C)C)cc2)CCC3)[CH]1[Zr]([Cl])([Cl])([CH]1C(CC(C)C)=Cc2c1cc1c(c2-c2ccc(C(C)(C)C)cc2)CCC1)[SiH](C)C. The molecule has 0 N–H and O–H groups in total. The Balaban J connectivity index is 1.39. The fourth-order valence-electron chi connectivity index (χ4n) is 11.7.